The van der Waals surface area contributed by atoms with E-state index in [-0.39, 0.29) is 24.2 Å². The molecule has 2 aliphatic heterocycles. The summed E-state index contributed by atoms with van der Waals surface area (Å²) in [6.07, 6.45) is 1.02. The van der Waals surface area contributed by atoms with Crippen molar-refractivity contribution in [3.05, 3.63) is 35.4 Å². The molecule has 5 nitrogen and oxygen atoms in total. The number of hydrogen-bond donors (Lipinski definition) is 1. The zero-order valence-corrected chi connectivity index (χ0v) is 16.9. The Morgan fingerprint density at radius 1 is 1.12 bits per heavy atom. The number of thioether (sulfide) groups is 1. The SMILES string of the molecule is Cc1ccccc1CC(=O)N1CCN(C(=O)CC2CSCCN2)CC1.Cl. The van der Waals surface area contributed by atoms with Crippen LogP contribution in [0.1, 0.15) is 17.5 Å². The molecule has 2 fully saturated rings. The van der Waals surface area contributed by atoms with Crippen LogP contribution in [0.4, 0.5) is 0 Å². The van der Waals surface area contributed by atoms with Crippen molar-refractivity contribution in [3.8, 4) is 0 Å². The molecule has 1 atom stereocenters. The highest BCUT2D eigenvalue weighted by molar-refractivity contribution is 7.99. The van der Waals surface area contributed by atoms with Crippen LogP contribution >= 0.6 is 24.2 Å². The number of carbonyl (C=O) groups excluding carboxylic acids is 2. The van der Waals surface area contributed by atoms with E-state index in [1.807, 2.05) is 52.8 Å². The Bertz CT molecular complexity index is 615. The molecule has 2 saturated heterocycles. The molecule has 1 unspecified atom stereocenters. The number of amides is 2. The van der Waals surface area contributed by atoms with Gasteiger partial charge in [0.1, 0.15) is 0 Å². The lowest BCUT2D eigenvalue weighted by atomic mass is 10.1. The molecule has 0 aromatic heterocycles. The lowest BCUT2D eigenvalue weighted by Crippen LogP contribution is -2.52. The van der Waals surface area contributed by atoms with Crippen LogP contribution in [0.3, 0.4) is 0 Å². The first kappa shape index (κ1) is 21.1. The van der Waals surface area contributed by atoms with Crippen LogP contribution < -0.4 is 5.32 Å². The second-order valence-corrected chi connectivity index (χ2v) is 7.94. The van der Waals surface area contributed by atoms with E-state index in [1.165, 1.54) is 0 Å². The fraction of sp³-hybridized carbons (Fsp3) is 0.579. The first-order chi connectivity index (χ1) is 12.1. The summed E-state index contributed by atoms with van der Waals surface area (Å²) < 4.78 is 0. The number of nitrogens with one attached hydrogen (secondary N) is 1. The maximum Gasteiger partial charge on any atom is 0.227 e. The number of carbonyl (C=O) groups is 2. The predicted molar refractivity (Wildman–Crippen MR) is 109 cm³/mol. The first-order valence-electron chi connectivity index (χ1n) is 9.04. The van der Waals surface area contributed by atoms with Crippen molar-refractivity contribution in [2.75, 3.05) is 44.2 Å². The minimum atomic E-state index is 0. The van der Waals surface area contributed by atoms with Gasteiger partial charge in [0, 0.05) is 56.7 Å². The number of hydrogen-bond acceptors (Lipinski definition) is 4. The van der Waals surface area contributed by atoms with Crippen LogP contribution in [0.25, 0.3) is 0 Å². The van der Waals surface area contributed by atoms with Crippen molar-refractivity contribution in [2.24, 2.45) is 0 Å². The van der Waals surface area contributed by atoms with Crippen LogP contribution in [0.15, 0.2) is 24.3 Å². The first-order valence-corrected chi connectivity index (χ1v) is 10.2. The van der Waals surface area contributed by atoms with E-state index in [0.29, 0.717) is 45.1 Å². The summed E-state index contributed by atoms with van der Waals surface area (Å²) in [6.45, 7) is 5.61. The number of piperazine rings is 1. The number of aryl methyl sites for hydroxylation is 1. The molecule has 0 radical (unpaired) electrons. The van der Waals surface area contributed by atoms with Gasteiger partial charge in [-0.15, -0.1) is 12.4 Å². The van der Waals surface area contributed by atoms with Gasteiger partial charge in [0.2, 0.25) is 11.8 Å². The second-order valence-electron chi connectivity index (χ2n) is 6.79. The molecule has 7 heteroatoms. The van der Waals surface area contributed by atoms with Gasteiger partial charge in [-0.05, 0) is 18.1 Å². The van der Waals surface area contributed by atoms with Crippen LogP contribution in [-0.2, 0) is 16.0 Å². The summed E-state index contributed by atoms with van der Waals surface area (Å²) in [6, 6.07) is 8.32. The van der Waals surface area contributed by atoms with Gasteiger partial charge < -0.3 is 15.1 Å². The minimum absolute atomic E-state index is 0. The standard InChI is InChI=1S/C19H27N3O2S.ClH/c1-15-4-2-3-5-16(15)12-18(23)21-7-9-22(10-8-21)19(24)13-17-14-25-11-6-20-17;/h2-5,17,20H,6-14H2,1H3;1H. The molecule has 2 heterocycles. The van der Waals surface area contributed by atoms with E-state index in [0.717, 1.165) is 29.2 Å². The van der Waals surface area contributed by atoms with Crippen molar-refractivity contribution in [3.63, 3.8) is 0 Å². The van der Waals surface area contributed by atoms with Crippen molar-refractivity contribution >= 4 is 36.0 Å². The molecule has 1 aromatic carbocycles. The molecule has 0 saturated carbocycles. The molecule has 0 spiro atoms. The summed E-state index contributed by atoms with van der Waals surface area (Å²) >= 11 is 1.91. The Kier molecular flexibility index (Phi) is 8.25. The molecule has 1 N–H and O–H groups in total. The van der Waals surface area contributed by atoms with Gasteiger partial charge in [0.05, 0.1) is 6.42 Å². The van der Waals surface area contributed by atoms with E-state index in [1.54, 1.807) is 0 Å². The summed E-state index contributed by atoms with van der Waals surface area (Å²) in [7, 11) is 0. The van der Waals surface area contributed by atoms with Gasteiger partial charge in [-0.3, -0.25) is 9.59 Å². The maximum absolute atomic E-state index is 12.5. The number of halogens is 1. The number of benzene rings is 1. The quantitative estimate of drug-likeness (QED) is 0.840. The zero-order valence-electron chi connectivity index (χ0n) is 15.3. The third-order valence-corrected chi connectivity index (χ3v) is 6.14. The smallest absolute Gasteiger partial charge is 0.227 e. The summed E-state index contributed by atoms with van der Waals surface area (Å²) in [5, 5.41) is 3.42. The van der Waals surface area contributed by atoms with Crippen molar-refractivity contribution in [2.45, 2.75) is 25.8 Å². The van der Waals surface area contributed by atoms with E-state index in [4.69, 9.17) is 0 Å². The maximum atomic E-state index is 12.5. The van der Waals surface area contributed by atoms with E-state index < -0.39 is 0 Å². The number of nitrogens with zero attached hydrogens (tertiary/aromatic N) is 2. The fourth-order valence-corrected chi connectivity index (χ4v) is 4.33. The van der Waals surface area contributed by atoms with Gasteiger partial charge in [-0.1, -0.05) is 24.3 Å². The summed E-state index contributed by atoms with van der Waals surface area (Å²) in [4.78, 5) is 28.8. The average molecular weight is 398 g/mol. The van der Waals surface area contributed by atoms with E-state index in [9.17, 15) is 9.59 Å². The number of rotatable bonds is 4. The highest BCUT2D eigenvalue weighted by Crippen LogP contribution is 2.14. The van der Waals surface area contributed by atoms with Crippen LogP contribution in [-0.4, -0.2) is 71.9 Å². The molecule has 0 aliphatic carbocycles. The fourth-order valence-electron chi connectivity index (χ4n) is 3.38. The lowest BCUT2D eigenvalue weighted by Gasteiger charge is -2.36. The minimum Gasteiger partial charge on any atom is -0.339 e. The van der Waals surface area contributed by atoms with Crippen molar-refractivity contribution in [1.82, 2.24) is 15.1 Å². The summed E-state index contributed by atoms with van der Waals surface area (Å²) in [5.41, 5.74) is 2.24. The van der Waals surface area contributed by atoms with E-state index in [2.05, 4.69) is 5.32 Å². The Labute approximate surface area is 166 Å². The van der Waals surface area contributed by atoms with Gasteiger partial charge in [-0.2, -0.15) is 11.8 Å². The molecule has 2 amide bonds. The zero-order chi connectivity index (χ0) is 17.6. The molecule has 1 aromatic rings. The average Bonchev–Trinajstić information content (AvgIpc) is 2.64. The van der Waals surface area contributed by atoms with Gasteiger partial charge in [0.15, 0.2) is 0 Å². The normalized spacial score (nSPS) is 20.4. The second kappa shape index (κ2) is 10.2. The van der Waals surface area contributed by atoms with Gasteiger partial charge >= 0.3 is 0 Å². The Morgan fingerprint density at radius 2 is 1.77 bits per heavy atom. The third-order valence-electron chi connectivity index (χ3n) is 5.01. The largest absolute Gasteiger partial charge is 0.339 e. The lowest BCUT2D eigenvalue weighted by molar-refractivity contribution is -0.139. The molecule has 2 aliphatic rings. The van der Waals surface area contributed by atoms with Gasteiger partial charge in [-0.25, -0.2) is 0 Å². The van der Waals surface area contributed by atoms with Gasteiger partial charge in [0.25, 0.3) is 0 Å². The van der Waals surface area contributed by atoms with Crippen LogP contribution in [0, 0.1) is 6.92 Å². The molecule has 0 bridgehead atoms. The molecular weight excluding hydrogens is 370 g/mol. The highest BCUT2D eigenvalue weighted by atomic mass is 35.5. The molecule has 26 heavy (non-hydrogen) atoms. The van der Waals surface area contributed by atoms with Crippen molar-refractivity contribution < 1.29 is 9.59 Å². The monoisotopic (exact) mass is 397 g/mol. The molecule has 144 valence electrons. The Hall–Kier alpha value is -1.24. The molecular formula is C19H28ClN3O2S. The van der Waals surface area contributed by atoms with E-state index >= 15 is 0 Å². The molecule has 3 rings (SSSR count). The topological polar surface area (TPSA) is 52.7 Å². The Balaban J connectivity index is 0.00000243. The van der Waals surface area contributed by atoms with Crippen LogP contribution in [0.5, 0.6) is 0 Å². The van der Waals surface area contributed by atoms with Crippen molar-refractivity contribution in [1.29, 1.82) is 0 Å². The van der Waals surface area contributed by atoms with Crippen LogP contribution in [0.2, 0.25) is 0 Å². The Morgan fingerprint density at radius 3 is 2.38 bits per heavy atom. The predicted octanol–water partition coefficient (Wildman–Crippen LogP) is 1.73. The third kappa shape index (κ3) is 5.63. The summed E-state index contributed by atoms with van der Waals surface area (Å²) in [5.74, 6) is 2.52. The highest BCUT2D eigenvalue weighted by Gasteiger charge is 2.26.